The number of nitrogens with zero attached hydrogens (tertiary/aromatic N) is 1. The van der Waals surface area contributed by atoms with Crippen LogP contribution in [0.1, 0.15) is 53.0 Å². The molecule has 140 valence electrons. The summed E-state index contributed by atoms with van der Waals surface area (Å²) in [6.07, 6.45) is 1.35. The molecule has 5 heteroatoms. The Kier molecular flexibility index (Phi) is 5.69. The van der Waals surface area contributed by atoms with Crippen LogP contribution in [-0.4, -0.2) is 30.3 Å². The van der Waals surface area contributed by atoms with Gasteiger partial charge in [0.05, 0.1) is 5.56 Å². The maximum absolute atomic E-state index is 12.5. The third-order valence-corrected chi connectivity index (χ3v) is 4.77. The summed E-state index contributed by atoms with van der Waals surface area (Å²) >= 11 is 0. The molecule has 5 nitrogen and oxygen atoms in total. The zero-order valence-corrected chi connectivity index (χ0v) is 15.6. The van der Waals surface area contributed by atoms with Gasteiger partial charge in [0, 0.05) is 24.2 Å². The molecule has 0 unspecified atom stereocenters. The first kappa shape index (κ1) is 18.8. The lowest BCUT2D eigenvalue weighted by Gasteiger charge is -2.17. The summed E-state index contributed by atoms with van der Waals surface area (Å²) in [7, 11) is 0. The minimum atomic E-state index is -0.887. The number of carbonyl (C=O) groups excluding carboxylic acids is 3. The van der Waals surface area contributed by atoms with Gasteiger partial charge in [-0.25, -0.2) is 4.79 Å². The summed E-state index contributed by atoms with van der Waals surface area (Å²) in [4.78, 5) is 38.5. The summed E-state index contributed by atoms with van der Waals surface area (Å²) in [5.41, 5.74) is 2.67. The Hall–Kier alpha value is -2.95. The third-order valence-electron chi connectivity index (χ3n) is 4.77. The fraction of sp³-hybridized carbons (Fsp3) is 0.318. The standard InChI is InChI=1S/C22H23NO4/c1-3-16-9-11-17(12-10-16)21(25)15(2)27-22(26)18-6-4-7-19(14-18)23-13-5-8-20(23)24/h4,6-7,9-12,14-15H,3,5,8,13H2,1-2H3/t15-/m0/s1. The van der Waals surface area contributed by atoms with Crippen molar-refractivity contribution in [2.45, 2.75) is 39.2 Å². The molecular weight excluding hydrogens is 342 g/mol. The molecule has 27 heavy (non-hydrogen) atoms. The maximum Gasteiger partial charge on any atom is 0.338 e. The van der Waals surface area contributed by atoms with E-state index in [2.05, 4.69) is 0 Å². The number of carbonyl (C=O) groups is 3. The van der Waals surface area contributed by atoms with Crippen LogP contribution >= 0.6 is 0 Å². The first-order valence-electron chi connectivity index (χ1n) is 9.24. The molecule has 0 aliphatic carbocycles. The molecule has 3 rings (SSSR count). The number of anilines is 1. The lowest BCUT2D eigenvalue weighted by Crippen LogP contribution is -2.25. The van der Waals surface area contributed by atoms with E-state index in [0.717, 1.165) is 18.4 Å². The van der Waals surface area contributed by atoms with E-state index in [-0.39, 0.29) is 11.7 Å². The molecule has 0 radical (unpaired) electrons. The highest BCUT2D eigenvalue weighted by Gasteiger charge is 2.24. The predicted molar refractivity (Wildman–Crippen MR) is 103 cm³/mol. The minimum Gasteiger partial charge on any atom is -0.451 e. The molecule has 1 aliphatic heterocycles. The van der Waals surface area contributed by atoms with Crippen molar-refractivity contribution in [2.24, 2.45) is 0 Å². The molecule has 1 heterocycles. The Morgan fingerprint density at radius 2 is 1.85 bits per heavy atom. The molecule has 1 fully saturated rings. The number of benzene rings is 2. The average Bonchev–Trinajstić information content (AvgIpc) is 3.13. The van der Waals surface area contributed by atoms with Crippen molar-refractivity contribution in [2.75, 3.05) is 11.4 Å². The second kappa shape index (κ2) is 8.16. The topological polar surface area (TPSA) is 63.7 Å². The number of amides is 1. The summed E-state index contributed by atoms with van der Waals surface area (Å²) < 4.78 is 5.36. The van der Waals surface area contributed by atoms with Crippen molar-refractivity contribution >= 4 is 23.3 Å². The van der Waals surface area contributed by atoms with Gasteiger partial charge in [-0.2, -0.15) is 0 Å². The van der Waals surface area contributed by atoms with Crippen molar-refractivity contribution in [3.63, 3.8) is 0 Å². The van der Waals surface area contributed by atoms with Crippen molar-refractivity contribution < 1.29 is 19.1 Å². The van der Waals surface area contributed by atoms with Crippen molar-refractivity contribution in [3.8, 4) is 0 Å². The van der Waals surface area contributed by atoms with Crippen LogP contribution in [0.4, 0.5) is 5.69 Å². The van der Waals surface area contributed by atoms with E-state index in [4.69, 9.17) is 4.74 Å². The van der Waals surface area contributed by atoms with Crippen LogP contribution in [0.5, 0.6) is 0 Å². The van der Waals surface area contributed by atoms with Gasteiger partial charge in [-0.3, -0.25) is 9.59 Å². The molecule has 0 spiro atoms. The largest absolute Gasteiger partial charge is 0.451 e. The van der Waals surface area contributed by atoms with E-state index in [1.54, 1.807) is 48.2 Å². The second-order valence-corrected chi connectivity index (χ2v) is 6.66. The zero-order valence-electron chi connectivity index (χ0n) is 15.6. The van der Waals surface area contributed by atoms with Crippen LogP contribution in [0.15, 0.2) is 48.5 Å². The summed E-state index contributed by atoms with van der Waals surface area (Å²) in [5.74, 6) is -0.758. The molecule has 2 aromatic rings. The van der Waals surface area contributed by atoms with Gasteiger partial charge >= 0.3 is 5.97 Å². The molecule has 0 saturated carbocycles. The first-order valence-corrected chi connectivity index (χ1v) is 9.24. The van der Waals surface area contributed by atoms with E-state index in [0.29, 0.717) is 29.8 Å². The lowest BCUT2D eigenvalue weighted by molar-refractivity contribution is -0.117. The highest BCUT2D eigenvalue weighted by Crippen LogP contribution is 2.23. The average molecular weight is 365 g/mol. The number of ether oxygens (including phenoxy) is 1. The van der Waals surface area contributed by atoms with E-state index in [1.807, 2.05) is 19.1 Å². The number of esters is 1. The van der Waals surface area contributed by atoms with Gasteiger partial charge in [-0.1, -0.05) is 37.3 Å². The van der Waals surface area contributed by atoms with Crippen LogP contribution in [0.25, 0.3) is 0 Å². The molecule has 0 bridgehead atoms. The quantitative estimate of drug-likeness (QED) is 0.577. The molecule has 2 aromatic carbocycles. The lowest BCUT2D eigenvalue weighted by atomic mass is 10.0. The van der Waals surface area contributed by atoms with Crippen LogP contribution in [0.2, 0.25) is 0 Å². The van der Waals surface area contributed by atoms with Crippen molar-refractivity contribution in [3.05, 3.63) is 65.2 Å². The van der Waals surface area contributed by atoms with Gasteiger partial charge in [0.25, 0.3) is 0 Å². The fourth-order valence-corrected chi connectivity index (χ4v) is 3.14. The van der Waals surface area contributed by atoms with Gasteiger partial charge < -0.3 is 9.64 Å². The normalized spacial score (nSPS) is 14.9. The maximum atomic E-state index is 12.5. The van der Waals surface area contributed by atoms with Gasteiger partial charge in [0.15, 0.2) is 6.10 Å². The summed E-state index contributed by atoms with van der Waals surface area (Å²) in [6, 6.07) is 14.1. The Bertz CT molecular complexity index is 857. The Morgan fingerprint density at radius 3 is 2.48 bits per heavy atom. The minimum absolute atomic E-state index is 0.0552. The summed E-state index contributed by atoms with van der Waals surface area (Å²) in [6.45, 7) is 4.27. The van der Waals surface area contributed by atoms with E-state index in [9.17, 15) is 14.4 Å². The van der Waals surface area contributed by atoms with Gasteiger partial charge in [0.1, 0.15) is 0 Å². The van der Waals surface area contributed by atoms with Crippen molar-refractivity contribution in [1.29, 1.82) is 0 Å². The Labute approximate surface area is 158 Å². The molecule has 0 aromatic heterocycles. The van der Waals surface area contributed by atoms with E-state index < -0.39 is 12.1 Å². The van der Waals surface area contributed by atoms with Crippen molar-refractivity contribution in [1.82, 2.24) is 0 Å². The van der Waals surface area contributed by atoms with Crippen LogP contribution in [0.3, 0.4) is 0 Å². The van der Waals surface area contributed by atoms with Gasteiger partial charge in [-0.05, 0) is 43.5 Å². The number of Topliss-reactive ketones (excluding diaryl/α,β-unsaturated/α-hetero) is 1. The SMILES string of the molecule is CCc1ccc(C(=O)[C@H](C)OC(=O)c2cccc(N3CCCC3=O)c2)cc1. The molecule has 1 amide bonds. The predicted octanol–water partition coefficient (Wildman–Crippen LogP) is 3.80. The summed E-state index contributed by atoms with van der Waals surface area (Å²) in [5, 5.41) is 0. The fourth-order valence-electron chi connectivity index (χ4n) is 3.14. The molecule has 1 atom stereocenters. The first-order chi connectivity index (χ1) is 13.0. The third kappa shape index (κ3) is 4.25. The molecule has 1 aliphatic rings. The number of rotatable bonds is 6. The van der Waals surface area contributed by atoms with Gasteiger partial charge in [-0.15, -0.1) is 0 Å². The Balaban J connectivity index is 1.68. The zero-order chi connectivity index (χ0) is 19.4. The number of hydrogen-bond acceptors (Lipinski definition) is 4. The number of hydrogen-bond donors (Lipinski definition) is 0. The van der Waals surface area contributed by atoms with Gasteiger partial charge in [0.2, 0.25) is 11.7 Å². The number of ketones is 1. The second-order valence-electron chi connectivity index (χ2n) is 6.66. The van der Waals surface area contributed by atoms with Crippen LogP contribution in [0, 0.1) is 0 Å². The van der Waals surface area contributed by atoms with Crippen LogP contribution < -0.4 is 4.90 Å². The number of aryl methyl sites for hydroxylation is 1. The monoisotopic (exact) mass is 365 g/mol. The van der Waals surface area contributed by atoms with E-state index >= 15 is 0 Å². The Morgan fingerprint density at radius 1 is 1.11 bits per heavy atom. The smallest absolute Gasteiger partial charge is 0.338 e. The molecule has 0 N–H and O–H groups in total. The highest BCUT2D eigenvalue weighted by molar-refractivity contribution is 6.02. The van der Waals surface area contributed by atoms with Crippen LogP contribution in [-0.2, 0) is 16.0 Å². The van der Waals surface area contributed by atoms with E-state index in [1.165, 1.54) is 0 Å². The highest BCUT2D eigenvalue weighted by atomic mass is 16.5. The molecule has 1 saturated heterocycles. The molecular formula is C22H23NO4.